The van der Waals surface area contributed by atoms with Crippen LogP contribution in [0.1, 0.15) is 17.5 Å². The Morgan fingerprint density at radius 2 is 2.23 bits per heavy atom. The van der Waals surface area contributed by atoms with Gasteiger partial charge in [-0.1, -0.05) is 0 Å². The molecule has 2 aromatic rings. The van der Waals surface area contributed by atoms with E-state index in [-0.39, 0.29) is 18.3 Å². The maximum atomic E-state index is 12.3. The van der Waals surface area contributed by atoms with Crippen LogP contribution in [0.25, 0.3) is 0 Å². The number of aromatic nitrogens is 3. The molecule has 0 bridgehead atoms. The zero-order chi connectivity index (χ0) is 18.7. The monoisotopic (exact) mass is 380 g/mol. The quantitative estimate of drug-likeness (QED) is 0.736. The van der Waals surface area contributed by atoms with Crippen LogP contribution in [0.4, 0.5) is 0 Å². The van der Waals surface area contributed by atoms with Gasteiger partial charge in [0.2, 0.25) is 0 Å². The van der Waals surface area contributed by atoms with E-state index >= 15 is 0 Å². The molecule has 0 aliphatic carbocycles. The number of hydrogen-bond acceptors (Lipinski definition) is 7. The number of carbonyl (C=O) groups excluding carboxylic acids is 1. The number of rotatable bonds is 6. The van der Waals surface area contributed by atoms with E-state index in [9.17, 15) is 18.3 Å². The Balaban J connectivity index is 1.61. The summed E-state index contributed by atoms with van der Waals surface area (Å²) in [6.45, 7) is 1.17. The highest BCUT2D eigenvalue weighted by molar-refractivity contribution is 7.90. The zero-order valence-electron chi connectivity index (χ0n) is 14.3. The Labute approximate surface area is 151 Å². The lowest BCUT2D eigenvalue weighted by atomic mass is 10.2. The van der Waals surface area contributed by atoms with Gasteiger partial charge >= 0.3 is 0 Å². The molecule has 0 aromatic carbocycles. The first-order valence-electron chi connectivity index (χ1n) is 8.05. The van der Waals surface area contributed by atoms with Gasteiger partial charge in [-0.05, 0) is 18.2 Å². The zero-order valence-corrected chi connectivity index (χ0v) is 15.1. The molecule has 1 N–H and O–H groups in total. The molecule has 0 spiro atoms. The molecule has 10 heteroatoms. The molecule has 140 valence electrons. The molecular formula is C16H20N4O5S. The highest BCUT2D eigenvalue weighted by Gasteiger charge is 2.25. The third-order valence-electron chi connectivity index (χ3n) is 3.97. The topological polar surface area (TPSA) is 115 Å². The molecule has 1 aliphatic heterocycles. The molecule has 0 saturated heterocycles. The van der Waals surface area contributed by atoms with E-state index in [1.165, 1.54) is 6.20 Å². The third kappa shape index (κ3) is 4.58. The van der Waals surface area contributed by atoms with E-state index in [1.54, 1.807) is 34.0 Å². The normalized spacial score (nSPS) is 15.4. The highest BCUT2D eigenvalue weighted by Crippen LogP contribution is 2.19. The third-order valence-corrected chi connectivity index (χ3v) is 4.89. The molecule has 0 unspecified atom stereocenters. The standard InChI is InChI=1S/C16H20N4O5S/c1-26(23,24)11-15(21)14-7-12-9-19(5-6-20(12)18-14)16(22)10-25-13-3-2-4-17-8-13/h2-4,7-8,15,21H,5-6,9-11H2,1H3/t15-/m0/s1. The second-order valence-corrected chi connectivity index (χ2v) is 8.37. The van der Waals surface area contributed by atoms with E-state index in [4.69, 9.17) is 4.74 Å². The summed E-state index contributed by atoms with van der Waals surface area (Å²) in [4.78, 5) is 17.9. The van der Waals surface area contributed by atoms with Crippen molar-refractivity contribution < 1.29 is 23.1 Å². The molecule has 3 heterocycles. The number of aliphatic hydroxyl groups is 1. The minimum atomic E-state index is -3.32. The number of fused-ring (bicyclic) bond motifs is 1. The van der Waals surface area contributed by atoms with Gasteiger partial charge in [-0.15, -0.1) is 0 Å². The van der Waals surface area contributed by atoms with Crippen LogP contribution in [0.5, 0.6) is 5.75 Å². The van der Waals surface area contributed by atoms with E-state index in [0.717, 1.165) is 11.9 Å². The molecule has 3 rings (SSSR count). The van der Waals surface area contributed by atoms with Gasteiger partial charge in [-0.25, -0.2) is 8.42 Å². The average Bonchev–Trinajstić information content (AvgIpc) is 3.02. The van der Waals surface area contributed by atoms with Gasteiger partial charge in [0.1, 0.15) is 21.7 Å². The van der Waals surface area contributed by atoms with Crippen molar-refractivity contribution in [1.29, 1.82) is 0 Å². The van der Waals surface area contributed by atoms with Crippen LogP contribution in [0.15, 0.2) is 30.6 Å². The van der Waals surface area contributed by atoms with Crippen LogP contribution in [0.3, 0.4) is 0 Å². The Hall–Kier alpha value is -2.46. The summed E-state index contributed by atoms with van der Waals surface area (Å²) in [6.07, 6.45) is 3.04. The fourth-order valence-corrected chi connectivity index (χ4v) is 3.45. The number of amides is 1. The van der Waals surface area contributed by atoms with E-state index < -0.39 is 15.9 Å². The van der Waals surface area contributed by atoms with Gasteiger partial charge in [-0.2, -0.15) is 5.10 Å². The second-order valence-electron chi connectivity index (χ2n) is 6.18. The molecule has 26 heavy (non-hydrogen) atoms. The Morgan fingerprint density at radius 3 is 2.92 bits per heavy atom. The molecule has 0 saturated carbocycles. The number of pyridine rings is 1. The van der Waals surface area contributed by atoms with Gasteiger partial charge in [0.05, 0.1) is 36.4 Å². The Kier molecular flexibility index (Phi) is 5.23. The van der Waals surface area contributed by atoms with Crippen molar-refractivity contribution in [2.45, 2.75) is 19.2 Å². The number of sulfone groups is 1. The van der Waals surface area contributed by atoms with Crippen molar-refractivity contribution in [1.82, 2.24) is 19.7 Å². The Bertz CT molecular complexity index is 881. The molecule has 1 amide bonds. The van der Waals surface area contributed by atoms with Gasteiger partial charge in [0.25, 0.3) is 5.91 Å². The first-order chi connectivity index (χ1) is 12.3. The van der Waals surface area contributed by atoms with Crippen LogP contribution in [0.2, 0.25) is 0 Å². The number of ether oxygens (including phenoxy) is 1. The van der Waals surface area contributed by atoms with Crippen LogP contribution in [-0.4, -0.2) is 64.3 Å². The maximum Gasteiger partial charge on any atom is 0.260 e. The molecule has 1 aliphatic rings. The maximum absolute atomic E-state index is 12.3. The molecular weight excluding hydrogens is 360 g/mol. The first kappa shape index (κ1) is 18.3. The molecule has 2 aromatic heterocycles. The van der Waals surface area contributed by atoms with Crippen molar-refractivity contribution in [3.8, 4) is 5.75 Å². The minimum Gasteiger partial charge on any atom is -0.482 e. The fourth-order valence-electron chi connectivity index (χ4n) is 2.71. The summed E-state index contributed by atoms with van der Waals surface area (Å²) in [5.74, 6) is -0.0287. The van der Waals surface area contributed by atoms with Crippen molar-refractivity contribution in [3.05, 3.63) is 42.0 Å². The number of nitrogens with zero attached hydrogens (tertiary/aromatic N) is 4. The number of carbonyl (C=O) groups is 1. The summed E-state index contributed by atoms with van der Waals surface area (Å²) >= 11 is 0. The summed E-state index contributed by atoms with van der Waals surface area (Å²) < 4.78 is 29.8. The smallest absolute Gasteiger partial charge is 0.260 e. The first-order valence-corrected chi connectivity index (χ1v) is 10.1. The van der Waals surface area contributed by atoms with Crippen molar-refractivity contribution >= 4 is 15.7 Å². The predicted octanol–water partition coefficient (Wildman–Crippen LogP) is -0.223. The van der Waals surface area contributed by atoms with Gasteiger partial charge in [-0.3, -0.25) is 14.5 Å². The van der Waals surface area contributed by atoms with Crippen LogP contribution < -0.4 is 4.74 Å². The van der Waals surface area contributed by atoms with Crippen LogP contribution in [-0.2, 0) is 27.7 Å². The fraction of sp³-hybridized carbons (Fsp3) is 0.438. The lowest BCUT2D eigenvalue weighted by molar-refractivity contribution is -0.134. The summed E-state index contributed by atoms with van der Waals surface area (Å²) in [6, 6.07) is 5.08. The lowest BCUT2D eigenvalue weighted by Gasteiger charge is -2.27. The van der Waals surface area contributed by atoms with E-state index in [1.807, 2.05) is 0 Å². The van der Waals surface area contributed by atoms with E-state index in [0.29, 0.717) is 31.1 Å². The summed E-state index contributed by atoms with van der Waals surface area (Å²) in [7, 11) is -3.32. The molecule has 9 nitrogen and oxygen atoms in total. The van der Waals surface area contributed by atoms with E-state index in [2.05, 4.69) is 10.1 Å². The van der Waals surface area contributed by atoms with Gasteiger partial charge < -0.3 is 14.7 Å². The number of aliphatic hydroxyl groups excluding tert-OH is 1. The lowest BCUT2D eigenvalue weighted by Crippen LogP contribution is -2.40. The largest absolute Gasteiger partial charge is 0.482 e. The van der Waals surface area contributed by atoms with Crippen LogP contribution in [0, 0.1) is 0 Å². The molecule has 0 radical (unpaired) electrons. The molecule has 1 atom stereocenters. The summed E-state index contributed by atoms with van der Waals surface area (Å²) in [5.41, 5.74) is 1.04. The summed E-state index contributed by atoms with van der Waals surface area (Å²) in [5, 5.41) is 14.3. The van der Waals surface area contributed by atoms with Crippen LogP contribution >= 0.6 is 0 Å². The van der Waals surface area contributed by atoms with Gasteiger partial charge in [0.15, 0.2) is 6.61 Å². The Morgan fingerprint density at radius 1 is 1.42 bits per heavy atom. The van der Waals surface area contributed by atoms with Crippen molar-refractivity contribution in [2.24, 2.45) is 0 Å². The SMILES string of the molecule is CS(=O)(=O)C[C@H](O)c1cc2n(n1)CCN(C(=O)COc1cccnc1)C2. The van der Waals surface area contributed by atoms with Gasteiger partial charge in [0, 0.05) is 19.0 Å². The average molecular weight is 380 g/mol. The number of hydrogen-bond donors (Lipinski definition) is 1. The van der Waals surface area contributed by atoms with Crippen molar-refractivity contribution in [3.63, 3.8) is 0 Å². The second kappa shape index (κ2) is 7.42. The molecule has 0 fully saturated rings. The highest BCUT2D eigenvalue weighted by atomic mass is 32.2. The minimum absolute atomic E-state index is 0.0939. The van der Waals surface area contributed by atoms with Crippen molar-refractivity contribution in [2.75, 3.05) is 25.2 Å². The predicted molar refractivity (Wildman–Crippen MR) is 92.0 cm³/mol.